The Morgan fingerprint density at radius 1 is 1.12 bits per heavy atom. The van der Waals surface area contributed by atoms with Crippen molar-refractivity contribution in [3.05, 3.63) is 94.9 Å². The molecule has 0 fully saturated rings. The van der Waals surface area contributed by atoms with E-state index in [-0.39, 0.29) is 23.6 Å². The summed E-state index contributed by atoms with van der Waals surface area (Å²) >= 11 is 0. The Balaban J connectivity index is 1.55. The number of aromatic amines is 1. The molecule has 160 valence electrons. The molecule has 0 bridgehead atoms. The molecule has 1 aliphatic heterocycles. The van der Waals surface area contributed by atoms with Gasteiger partial charge >= 0.3 is 0 Å². The number of allylic oxidation sites excluding steroid dienone is 9. The van der Waals surface area contributed by atoms with Gasteiger partial charge in [0.1, 0.15) is 23.2 Å². The van der Waals surface area contributed by atoms with E-state index >= 15 is 0 Å². The van der Waals surface area contributed by atoms with Crippen molar-refractivity contribution < 1.29 is 0 Å². The molecule has 0 amide bonds. The number of H-pyrrole nitrogens is 1. The second-order valence-corrected chi connectivity index (χ2v) is 8.01. The van der Waals surface area contributed by atoms with Crippen LogP contribution in [0.4, 0.5) is 5.82 Å². The molecule has 7 nitrogen and oxygen atoms in total. The zero-order valence-corrected chi connectivity index (χ0v) is 17.8. The van der Waals surface area contributed by atoms with Crippen LogP contribution in [0.5, 0.6) is 0 Å². The molecule has 3 atom stereocenters. The van der Waals surface area contributed by atoms with Crippen LogP contribution in [0.3, 0.4) is 0 Å². The number of nitrogens with one attached hydrogen (secondary N) is 2. The molecule has 0 saturated carbocycles. The Morgan fingerprint density at radius 3 is 3.00 bits per heavy atom. The van der Waals surface area contributed by atoms with Gasteiger partial charge in [-0.1, -0.05) is 60.8 Å². The lowest BCUT2D eigenvalue weighted by atomic mass is 9.85. The van der Waals surface area contributed by atoms with Crippen LogP contribution in [0.1, 0.15) is 19.8 Å². The van der Waals surface area contributed by atoms with E-state index in [0.717, 1.165) is 29.7 Å². The SMILES string of the molecule is C[C@H](Nc1ncnc2[nH]cnc(=O)c12)C1=CC2CC=CC=CC2N=C1C1=CC=CCC=C1. The second kappa shape index (κ2) is 8.70. The summed E-state index contributed by atoms with van der Waals surface area (Å²) in [5.74, 6) is 0.747. The number of rotatable bonds is 4. The van der Waals surface area contributed by atoms with Crippen molar-refractivity contribution in [3.8, 4) is 0 Å². The van der Waals surface area contributed by atoms with E-state index in [1.54, 1.807) is 0 Å². The monoisotopic (exact) mass is 424 g/mol. The molecule has 0 radical (unpaired) electrons. The quantitative estimate of drug-likeness (QED) is 0.778. The highest BCUT2D eigenvalue weighted by atomic mass is 16.1. The van der Waals surface area contributed by atoms with Crippen LogP contribution < -0.4 is 10.9 Å². The van der Waals surface area contributed by atoms with Gasteiger partial charge in [-0.05, 0) is 30.9 Å². The zero-order chi connectivity index (χ0) is 21.9. The van der Waals surface area contributed by atoms with E-state index in [1.807, 2.05) is 0 Å². The summed E-state index contributed by atoms with van der Waals surface area (Å²) < 4.78 is 0. The highest BCUT2D eigenvalue weighted by Crippen LogP contribution is 2.31. The van der Waals surface area contributed by atoms with E-state index in [0.29, 0.717) is 16.9 Å². The first-order chi connectivity index (χ1) is 15.7. The van der Waals surface area contributed by atoms with Gasteiger partial charge in [0.15, 0.2) is 0 Å². The molecule has 3 aliphatic rings. The van der Waals surface area contributed by atoms with E-state index in [4.69, 9.17) is 4.99 Å². The standard InChI is InChI=1S/C25H24N6O/c1-16(30-24-21-23(26-14-28-24)27-15-29-25(21)32)19-13-18-11-7-4-8-12-20(18)31-22(19)17-9-5-2-3-6-10-17/h2,4-10,12-16,18,20H,3,11H2,1H3,(H2,26,27,28,29,30,32)/t16-,18?,20?/m0/s1. The van der Waals surface area contributed by atoms with Gasteiger partial charge in [0.2, 0.25) is 0 Å². The fourth-order valence-corrected chi connectivity index (χ4v) is 4.25. The summed E-state index contributed by atoms with van der Waals surface area (Å²) in [6.07, 6.45) is 26.0. The number of fused-ring (bicyclic) bond motifs is 2. The van der Waals surface area contributed by atoms with Crippen LogP contribution in [-0.4, -0.2) is 37.7 Å². The fraction of sp³-hybridized carbons (Fsp3) is 0.240. The van der Waals surface area contributed by atoms with E-state index in [1.165, 1.54) is 12.7 Å². The molecule has 2 aromatic heterocycles. The molecule has 2 aliphatic carbocycles. The summed E-state index contributed by atoms with van der Waals surface area (Å²) in [6, 6.07) is -0.0328. The van der Waals surface area contributed by atoms with Crippen molar-refractivity contribution in [1.82, 2.24) is 19.9 Å². The van der Waals surface area contributed by atoms with E-state index < -0.39 is 0 Å². The molecule has 0 spiro atoms. The van der Waals surface area contributed by atoms with Gasteiger partial charge in [-0.2, -0.15) is 4.98 Å². The zero-order valence-electron chi connectivity index (χ0n) is 17.8. The number of anilines is 1. The second-order valence-electron chi connectivity index (χ2n) is 8.01. The highest BCUT2D eigenvalue weighted by Gasteiger charge is 2.29. The number of aliphatic imine (C=N–C) groups is 1. The van der Waals surface area contributed by atoms with Crippen LogP contribution >= 0.6 is 0 Å². The first-order valence-corrected chi connectivity index (χ1v) is 10.8. The van der Waals surface area contributed by atoms with Crippen molar-refractivity contribution in [1.29, 1.82) is 0 Å². The number of dihydropyridines is 1. The van der Waals surface area contributed by atoms with E-state index in [9.17, 15) is 4.79 Å². The van der Waals surface area contributed by atoms with Gasteiger partial charge in [-0.3, -0.25) is 9.79 Å². The topological polar surface area (TPSA) is 95.9 Å². The minimum Gasteiger partial charge on any atom is -0.363 e. The molecular formula is C25H24N6O. The number of aromatic nitrogens is 4. The molecule has 7 heteroatoms. The minimum absolute atomic E-state index is 0.101. The Kier molecular flexibility index (Phi) is 5.46. The Labute approximate surface area is 185 Å². The van der Waals surface area contributed by atoms with Gasteiger partial charge in [0, 0.05) is 5.92 Å². The predicted molar refractivity (Wildman–Crippen MR) is 128 cm³/mol. The smallest absolute Gasteiger partial charge is 0.285 e. The predicted octanol–water partition coefficient (Wildman–Crippen LogP) is 3.84. The van der Waals surface area contributed by atoms with Crippen molar-refractivity contribution in [2.45, 2.75) is 31.8 Å². The number of hydrogen-bond acceptors (Lipinski definition) is 6. The summed E-state index contributed by atoms with van der Waals surface area (Å²) in [6.45, 7) is 2.07. The van der Waals surface area contributed by atoms with Gasteiger partial charge in [-0.15, -0.1) is 0 Å². The van der Waals surface area contributed by atoms with Crippen molar-refractivity contribution >= 4 is 22.6 Å². The maximum atomic E-state index is 12.4. The lowest BCUT2D eigenvalue weighted by Crippen LogP contribution is -2.32. The van der Waals surface area contributed by atoms with Crippen LogP contribution in [0, 0.1) is 5.92 Å². The Morgan fingerprint density at radius 2 is 2.06 bits per heavy atom. The average molecular weight is 425 g/mol. The summed E-state index contributed by atoms with van der Waals surface area (Å²) in [7, 11) is 0. The molecule has 3 heterocycles. The third-order valence-corrected chi connectivity index (χ3v) is 5.87. The molecule has 0 aromatic carbocycles. The maximum absolute atomic E-state index is 12.4. The largest absolute Gasteiger partial charge is 0.363 e. The summed E-state index contributed by atoms with van der Waals surface area (Å²) in [4.78, 5) is 32.8. The first kappa shape index (κ1) is 20.1. The number of hydrogen-bond donors (Lipinski definition) is 2. The molecular weight excluding hydrogens is 400 g/mol. The third-order valence-electron chi connectivity index (χ3n) is 5.87. The molecule has 0 saturated heterocycles. The molecule has 2 aromatic rings. The molecule has 2 unspecified atom stereocenters. The van der Waals surface area contributed by atoms with Gasteiger partial charge in [-0.25, -0.2) is 9.97 Å². The minimum atomic E-state index is -0.362. The van der Waals surface area contributed by atoms with Crippen LogP contribution in [0.25, 0.3) is 11.0 Å². The third kappa shape index (κ3) is 3.89. The fourth-order valence-electron chi connectivity index (χ4n) is 4.25. The van der Waals surface area contributed by atoms with Gasteiger partial charge in [0.25, 0.3) is 5.56 Å². The lowest BCUT2D eigenvalue weighted by Gasteiger charge is -2.30. The normalized spacial score (nSPS) is 23.0. The Bertz CT molecular complexity index is 1300. The van der Waals surface area contributed by atoms with Crippen LogP contribution in [0.15, 0.2) is 94.3 Å². The summed E-state index contributed by atoms with van der Waals surface area (Å²) in [5, 5.41) is 3.78. The van der Waals surface area contributed by atoms with Crippen molar-refractivity contribution in [3.63, 3.8) is 0 Å². The van der Waals surface area contributed by atoms with Gasteiger partial charge < -0.3 is 10.3 Å². The van der Waals surface area contributed by atoms with Crippen molar-refractivity contribution in [2.24, 2.45) is 10.9 Å². The van der Waals surface area contributed by atoms with E-state index in [2.05, 4.69) is 92.9 Å². The highest BCUT2D eigenvalue weighted by molar-refractivity contribution is 6.16. The molecule has 2 N–H and O–H groups in total. The lowest BCUT2D eigenvalue weighted by molar-refractivity contribution is 0.575. The van der Waals surface area contributed by atoms with Crippen molar-refractivity contribution in [2.75, 3.05) is 5.32 Å². The number of nitrogens with zero attached hydrogens (tertiary/aromatic N) is 4. The van der Waals surface area contributed by atoms with Gasteiger partial charge in [0.05, 0.1) is 24.1 Å². The Hall–Kier alpha value is -3.87. The summed E-state index contributed by atoms with van der Waals surface area (Å²) in [5.41, 5.74) is 3.23. The average Bonchev–Trinajstić information content (AvgIpc) is 3.21. The molecule has 5 rings (SSSR count). The van der Waals surface area contributed by atoms with Crippen LogP contribution in [0.2, 0.25) is 0 Å². The first-order valence-electron chi connectivity index (χ1n) is 10.8. The maximum Gasteiger partial charge on any atom is 0.285 e. The van der Waals surface area contributed by atoms with Crippen LogP contribution in [-0.2, 0) is 0 Å². The molecule has 32 heavy (non-hydrogen) atoms.